The van der Waals surface area contributed by atoms with Gasteiger partial charge in [0.1, 0.15) is 22.6 Å². The topological polar surface area (TPSA) is 67.2 Å². The number of hydrogen-bond acceptors (Lipinski definition) is 3. The Labute approximate surface area is 177 Å². The van der Waals surface area contributed by atoms with Gasteiger partial charge in [0, 0.05) is 31.0 Å². The lowest BCUT2D eigenvalue weighted by Gasteiger charge is -2.33. The molecule has 2 aliphatic rings. The second-order valence-corrected chi connectivity index (χ2v) is 8.12. The fourth-order valence-electron chi connectivity index (χ4n) is 4.95. The molecule has 8 heteroatoms. The molecule has 158 valence electrons. The molecule has 1 saturated heterocycles. The number of carbonyl (C=O) groups is 2. The highest BCUT2D eigenvalue weighted by Crippen LogP contribution is 2.55. The zero-order chi connectivity index (χ0) is 21.9. The van der Waals surface area contributed by atoms with E-state index in [0.717, 1.165) is 11.6 Å². The van der Waals surface area contributed by atoms with Gasteiger partial charge in [0.15, 0.2) is 0 Å². The number of carbonyl (C=O) groups excluding carboxylic acids is 2. The summed E-state index contributed by atoms with van der Waals surface area (Å²) in [5.41, 5.74) is 0.608. The summed E-state index contributed by atoms with van der Waals surface area (Å²) in [7, 11) is 1.74. The zero-order valence-electron chi connectivity index (χ0n) is 17.0. The van der Waals surface area contributed by atoms with E-state index in [4.69, 9.17) is 0 Å². The summed E-state index contributed by atoms with van der Waals surface area (Å²) in [6.07, 6.45) is 3.65. The van der Waals surface area contributed by atoms with E-state index in [-0.39, 0.29) is 18.0 Å². The molecule has 0 bridgehead atoms. The van der Waals surface area contributed by atoms with Crippen molar-refractivity contribution in [1.29, 1.82) is 0 Å². The number of aryl methyl sites for hydroxylation is 2. The molecule has 1 fully saturated rings. The van der Waals surface area contributed by atoms with Crippen molar-refractivity contribution in [2.45, 2.75) is 24.8 Å². The van der Waals surface area contributed by atoms with Gasteiger partial charge in [-0.05, 0) is 36.6 Å². The molecule has 1 aromatic heterocycles. The number of likely N-dealkylation sites (tertiary alicyclic amines) is 1. The Morgan fingerprint density at radius 1 is 1.23 bits per heavy atom. The first-order chi connectivity index (χ1) is 14.8. The summed E-state index contributed by atoms with van der Waals surface area (Å²) >= 11 is 0. The van der Waals surface area contributed by atoms with Crippen molar-refractivity contribution >= 4 is 17.5 Å². The third-order valence-corrected chi connectivity index (χ3v) is 6.39. The van der Waals surface area contributed by atoms with Crippen LogP contribution in [0.25, 0.3) is 0 Å². The number of aromatic nitrogens is 2. The molecule has 3 aromatic rings. The van der Waals surface area contributed by atoms with Crippen LogP contribution < -0.4 is 5.32 Å². The third-order valence-electron chi connectivity index (χ3n) is 6.39. The standard InChI is InChI=1S/C23H20F2N4O2/c1-13-7-8-16(24)18(19(13)25)21(30)29-10-9-23(20(29)14-11-26-28(2)12-14)15-5-3-4-6-17(15)27-22(23)31/h3-8,11-12,20H,9-10H2,1-2H3,(H,27,31)/t20-,23+/m0/s1. The first kappa shape index (κ1) is 19.4. The number of rotatable bonds is 2. The first-order valence-electron chi connectivity index (χ1n) is 9.99. The molecule has 2 aromatic carbocycles. The molecule has 1 spiro atoms. The lowest BCUT2D eigenvalue weighted by molar-refractivity contribution is -0.121. The minimum atomic E-state index is -1.06. The number of benzene rings is 2. The van der Waals surface area contributed by atoms with Gasteiger partial charge in [-0.1, -0.05) is 24.3 Å². The smallest absolute Gasteiger partial charge is 0.260 e. The Hall–Kier alpha value is -3.55. The number of hydrogen-bond donors (Lipinski definition) is 1. The number of anilines is 1. The first-order valence-corrected chi connectivity index (χ1v) is 9.99. The van der Waals surface area contributed by atoms with E-state index in [2.05, 4.69) is 10.4 Å². The molecule has 31 heavy (non-hydrogen) atoms. The number of halogens is 2. The molecule has 2 amide bonds. The van der Waals surface area contributed by atoms with E-state index in [0.29, 0.717) is 17.7 Å². The average Bonchev–Trinajstić information content (AvgIpc) is 3.42. The van der Waals surface area contributed by atoms with E-state index in [1.165, 1.54) is 17.9 Å². The maximum Gasteiger partial charge on any atom is 0.260 e. The van der Waals surface area contributed by atoms with Gasteiger partial charge < -0.3 is 10.2 Å². The third kappa shape index (κ3) is 2.64. The van der Waals surface area contributed by atoms with Crippen LogP contribution in [0.2, 0.25) is 0 Å². The largest absolute Gasteiger partial charge is 0.330 e. The minimum absolute atomic E-state index is 0.174. The van der Waals surface area contributed by atoms with E-state index >= 15 is 0 Å². The fraction of sp³-hybridized carbons (Fsp3) is 0.261. The summed E-state index contributed by atoms with van der Waals surface area (Å²) in [6, 6.07) is 8.97. The number of fused-ring (bicyclic) bond motifs is 2. The van der Waals surface area contributed by atoms with Crippen molar-refractivity contribution in [2.24, 2.45) is 7.05 Å². The van der Waals surface area contributed by atoms with E-state index < -0.39 is 34.6 Å². The second-order valence-electron chi connectivity index (χ2n) is 8.12. The Morgan fingerprint density at radius 3 is 2.74 bits per heavy atom. The number of nitrogens with one attached hydrogen (secondary N) is 1. The lowest BCUT2D eigenvalue weighted by atomic mass is 9.73. The minimum Gasteiger partial charge on any atom is -0.330 e. The van der Waals surface area contributed by atoms with Gasteiger partial charge in [-0.3, -0.25) is 14.3 Å². The van der Waals surface area contributed by atoms with Crippen LogP contribution in [0.5, 0.6) is 0 Å². The monoisotopic (exact) mass is 422 g/mol. The Morgan fingerprint density at radius 2 is 2.00 bits per heavy atom. The predicted octanol–water partition coefficient (Wildman–Crippen LogP) is 3.48. The van der Waals surface area contributed by atoms with Gasteiger partial charge in [-0.2, -0.15) is 5.10 Å². The van der Waals surface area contributed by atoms with Crippen LogP contribution in [0, 0.1) is 18.6 Å². The molecule has 5 rings (SSSR count). The molecular weight excluding hydrogens is 402 g/mol. The van der Waals surface area contributed by atoms with Gasteiger partial charge >= 0.3 is 0 Å². The van der Waals surface area contributed by atoms with Crippen molar-refractivity contribution in [1.82, 2.24) is 14.7 Å². The number of amides is 2. The highest BCUT2D eigenvalue weighted by molar-refractivity contribution is 6.08. The summed E-state index contributed by atoms with van der Waals surface area (Å²) in [4.78, 5) is 28.2. The number of nitrogens with zero attached hydrogens (tertiary/aromatic N) is 3. The van der Waals surface area contributed by atoms with Gasteiger partial charge in [0.25, 0.3) is 5.91 Å². The molecule has 0 unspecified atom stereocenters. The van der Waals surface area contributed by atoms with Crippen LogP contribution >= 0.6 is 0 Å². The average molecular weight is 422 g/mol. The van der Waals surface area contributed by atoms with Gasteiger partial charge in [-0.15, -0.1) is 0 Å². The van der Waals surface area contributed by atoms with Gasteiger partial charge in [0.05, 0.1) is 12.2 Å². The van der Waals surface area contributed by atoms with Crippen LogP contribution in [0.4, 0.5) is 14.5 Å². The Balaban J connectivity index is 1.69. The molecule has 0 aliphatic carbocycles. The van der Waals surface area contributed by atoms with Crippen LogP contribution in [-0.2, 0) is 17.3 Å². The van der Waals surface area contributed by atoms with Crippen LogP contribution in [0.15, 0.2) is 48.8 Å². The molecule has 0 radical (unpaired) electrons. The normalized spacial score (nSPS) is 22.1. The van der Waals surface area contributed by atoms with Crippen LogP contribution in [-0.4, -0.2) is 33.0 Å². The van der Waals surface area contributed by atoms with E-state index in [1.54, 1.807) is 24.1 Å². The highest BCUT2D eigenvalue weighted by atomic mass is 19.1. The molecule has 2 atom stereocenters. The SMILES string of the molecule is Cc1ccc(F)c(C(=O)N2CC[C@]3(C(=O)Nc4ccccc43)[C@@H]2c2cnn(C)c2)c1F. The van der Waals surface area contributed by atoms with Crippen molar-refractivity contribution in [2.75, 3.05) is 11.9 Å². The van der Waals surface area contributed by atoms with Gasteiger partial charge in [-0.25, -0.2) is 8.78 Å². The molecule has 3 heterocycles. The molecule has 2 aliphatic heterocycles. The van der Waals surface area contributed by atoms with Gasteiger partial charge in [0.2, 0.25) is 5.91 Å². The fourth-order valence-corrected chi connectivity index (χ4v) is 4.95. The van der Waals surface area contributed by atoms with Crippen molar-refractivity contribution in [3.63, 3.8) is 0 Å². The molecule has 1 N–H and O–H groups in total. The maximum atomic E-state index is 14.8. The summed E-state index contributed by atoms with van der Waals surface area (Å²) < 4.78 is 31.0. The van der Waals surface area contributed by atoms with E-state index in [1.807, 2.05) is 24.3 Å². The number of para-hydroxylation sites is 1. The molecule has 6 nitrogen and oxygen atoms in total. The summed E-state index contributed by atoms with van der Waals surface area (Å²) in [5, 5.41) is 7.13. The molecular formula is C23H20F2N4O2. The van der Waals surface area contributed by atoms with E-state index in [9.17, 15) is 18.4 Å². The predicted molar refractivity (Wildman–Crippen MR) is 109 cm³/mol. The zero-order valence-corrected chi connectivity index (χ0v) is 17.0. The Kier molecular flexibility index (Phi) is 4.22. The maximum absolute atomic E-state index is 14.8. The van der Waals surface area contributed by atoms with Crippen LogP contribution in [0.3, 0.4) is 0 Å². The lowest BCUT2D eigenvalue weighted by Crippen LogP contribution is -2.43. The van der Waals surface area contributed by atoms with Crippen molar-refractivity contribution in [3.8, 4) is 0 Å². The highest BCUT2D eigenvalue weighted by Gasteiger charge is 2.60. The van der Waals surface area contributed by atoms with Crippen LogP contribution in [0.1, 0.15) is 39.5 Å². The second kappa shape index (κ2) is 6.73. The van der Waals surface area contributed by atoms with Crippen molar-refractivity contribution < 1.29 is 18.4 Å². The summed E-state index contributed by atoms with van der Waals surface area (Å²) in [6.45, 7) is 1.66. The van der Waals surface area contributed by atoms with Crippen molar-refractivity contribution in [3.05, 3.63) is 82.7 Å². The Bertz CT molecular complexity index is 1240. The quantitative estimate of drug-likeness (QED) is 0.688. The molecule has 0 saturated carbocycles. The summed E-state index contributed by atoms with van der Waals surface area (Å²) in [5.74, 6) is -2.81.